The van der Waals surface area contributed by atoms with E-state index in [1.165, 1.54) is 0 Å². The molecule has 0 radical (unpaired) electrons. The molecule has 4 rings (SSSR count). The average molecular weight is 367 g/mol. The summed E-state index contributed by atoms with van der Waals surface area (Å²) in [7, 11) is 0. The Labute approximate surface area is 158 Å². The second kappa shape index (κ2) is 7.19. The molecule has 0 spiro atoms. The number of nitrogens with zero attached hydrogens (tertiary/aromatic N) is 1. The van der Waals surface area contributed by atoms with Crippen LogP contribution >= 0.6 is 0 Å². The van der Waals surface area contributed by atoms with Crippen LogP contribution in [0.2, 0.25) is 0 Å². The number of carbonyl (C=O) groups excluding carboxylic acids is 1. The molecule has 5 unspecified atom stereocenters. The number of fused-ring (bicyclic) bond motifs is 1. The summed E-state index contributed by atoms with van der Waals surface area (Å²) in [6.45, 7) is 2.32. The van der Waals surface area contributed by atoms with Gasteiger partial charge in [-0.1, -0.05) is 42.0 Å². The number of anilines is 1. The molecule has 0 bridgehead atoms. The van der Waals surface area contributed by atoms with E-state index < -0.39 is 17.8 Å². The van der Waals surface area contributed by atoms with E-state index >= 15 is 0 Å². The highest BCUT2D eigenvalue weighted by atomic mass is 16.4. The maximum Gasteiger partial charge on any atom is 0.308 e. The van der Waals surface area contributed by atoms with Crippen LogP contribution < -0.4 is 15.5 Å². The van der Waals surface area contributed by atoms with Gasteiger partial charge in [-0.15, -0.1) is 0 Å². The highest BCUT2D eigenvalue weighted by Crippen LogP contribution is 2.42. The number of allylic oxidation sites excluding steroid dienone is 4. The molecule has 2 saturated heterocycles. The minimum atomic E-state index is -0.849. The SMILES string of the molecule is CC1NC2C(C(=O)NCN2c2ccccc2)C(C2=CC=CCC2)C1C(=O)O. The monoisotopic (exact) mass is 367 g/mol. The lowest BCUT2D eigenvalue weighted by atomic mass is 9.67. The molecule has 2 heterocycles. The van der Waals surface area contributed by atoms with Crippen LogP contribution in [-0.4, -0.2) is 35.9 Å². The summed E-state index contributed by atoms with van der Waals surface area (Å²) in [4.78, 5) is 27.2. The molecule has 3 N–H and O–H groups in total. The Kier molecular flexibility index (Phi) is 4.74. The summed E-state index contributed by atoms with van der Waals surface area (Å²) in [6.07, 6.45) is 7.53. The fraction of sp³-hybridized carbons (Fsp3) is 0.429. The van der Waals surface area contributed by atoms with E-state index in [9.17, 15) is 14.7 Å². The lowest BCUT2D eigenvalue weighted by molar-refractivity contribution is -0.149. The number of rotatable bonds is 3. The predicted octanol–water partition coefficient (Wildman–Crippen LogP) is 2.11. The molecular formula is C21H25N3O3. The topological polar surface area (TPSA) is 81.7 Å². The normalized spacial score (nSPS) is 33.1. The summed E-state index contributed by atoms with van der Waals surface area (Å²) in [6, 6.07) is 9.70. The van der Waals surface area contributed by atoms with Crippen molar-refractivity contribution in [1.82, 2.24) is 10.6 Å². The van der Waals surface area contributed by atoms with Crippen molar-refractivity contribution in [2.24, 2.45) is 17.8 Å². The van der Waals surface area contributed by atoms with Crippen LogP contribution in [0, 0.1) is 17.8 Å². The zero-order valence-electron chi connectivity index (χ0n) is 15.3. The van der Waals surface area contributed by atoms with Crippen LogP contribution in [0.1, 0.15) is 19.8 Å². The molecule has 0 saturated carbocycles. The number of nitrogens with one attached hydrogen (secondary N) is 2. The van der Waals surface area contributed by atoms with E-state index in [1.54, 1.807) is 0 Å². The number of hydrogen-bond acceptors (Lipinski definition) is 4. The van der Waals surface area contributed by atoms with Gasteiger partial charge in [-0.2, -0.15) is 0 Å². The molecule has 3 aliphatic rings. The number of para-hydroxylation sites is 1. The Morgan fingerprint density at radius 2 is 2.00 bits per heavy atom. The molecule has 2 fully saturated rings. The second-order valence-corrected chi connectivity index (χ2v) is 7.53. The average Bonchev–Trinajstić information content (AvgIpc) is 2.68. The zero-order valence-corrected chi connectivity index (χ0v) is 15.3. The van der Waals surface area contributed by atoms with Crippen LogP contribution in [0.4, 0.5) is 5.69 Å². The molecule has 6 nitrogen and oxygen atoms in total. The Morgan fingerprint density at radius 1 is 1.22 bits per heavy atom. The second-order valence-electron chi connectivity index (χ2n) is 7.53. The first-order chi connectivity index (χ1) is 13.1. The van der Waals surface area contributed by atoms with Crippen molar-refractivity contribution in [3.8, 4) is 0 Å². The maximum atomic E-state index is 12.9. The van der Waals surface area contributed by atoms with Gasteiger partial charge in [-0.3, -0.25) is 14.9 Å². The van der Waals surface area contributed by atoms with Gasteiger partial charge >= 0.3 is 5.97 Å². The molecule has 1 aromatic rings. The molecule has 0 aromatic heterocycles. The van der Waals surface area contributed by atoms with E-state index in [0.29, 0.717) is 6.67 Å². The first kappa shape index (κ1) is 17.8. The lowest BCUT2D eigenvalue weighted by Gasteiger charge is -2.52. The van der Waals surface area contributed by atoms with E-state index in [4.69, 9.17) is 0 Å². The standard InChI is InChI=1S/C21H25N3O3/c1-13-16(21(26)27)17(14-8-4-2-5-9-14)18-19(23-13)24(12-22-20(18)25)15-10-6-3-7-11-15/h2-4,6-8,10-11,13,16-19,23H,5,9,12H2,1H3,(H,22,25)(H,26,27). The number of hydrogen-bond donors (Lipinski definition) is 3. The number of aliphatic carboxylic acids is 1. The van der Waals surface area contributed by atoms with Crippen molar-refractivity contribution in [3.05, 3.63) is 54.1 Å². The third kappa shape index (κ3) is 3.14. The fourth-order valence-corrected chi connectivity index (χ4v) is 4.78. The summed E-state index contributed by atoms with van der Waals surface area (Å²) in [5.41, 5.74) is 2.08. The number of benzene rings is 1. The summed E-state index contributed by atoms with van der Waals surface area (Å²) in [5.74, 6) is -2.32. The smallest absolute Gasteiger partial charge is 0.308 e. The first-order valence-corrected chi connectivity index (χ1v) is 9.52. The molecule has 1 aromatic carbocycles. The first-order valence-electron chi connectivity index (χ1n) is 9.52. The lowest BCUT2D eigenvalue weighted by Crippen LogP contribution is -2.71. The van der Waals surface area contributed by atoms with Gasteiger partial charge in [-0.25, -0.2) is 0 Å². The minimum absolute atomic E-state index is 0.0710. The van der Waals surface area contributed by atoms with Crippen LogP contribution in [0.5, 0.6) is 0 Å². The number of carbonyl (C=O) groups is 2. The number of amides is 1. The van der Waals surface area contributed by atoms with Gasteiger partial charge in [0.15, 0.2) is 0 Å². The van der Waals surface area contributed by atoms with Gasteiger partial charge in [0.05, 0.1) is 24.7 Å². The van der Waals surface area contributed by atoms with Crippen molar-refractivity contribution in [3.63, 3.8) is 0 Å². The molecule has 6 heteroatoms. The Balaban J connectivity index is 1.77. The van der Waals surface area contributed by atoms with Crippen molar-refractivity contribution in [1.29, 1.82) is 0 Å². The quantitative estimate of drug-likeness (QED) is 0.762. The summed E-state index contributed by atoms with van der Waals surface area (Å²) >= 11 is 0. The molecule has 5 atom stereocenters. The highest BCUT2D eigenvalue weighted by molar-refractivity contribution is 5.84. The molecule has 27 heavy (non-hydrogen) atoms. The van der Waals surface area contributed by atoms with E-state index in [-0.39, 0.29) is 24.0 Å². The predicted molar refractivity (Wildman–Crippen MR) is 103 cm³/mol. The van der Waals surface area contributed by atoms with Crippen LogP contribution in [0.25, 0.3) is 0 Å². The Bertz CT molecular complexity index is 789. The molecule has 2 aliphatic heterocycles. The largest absolute Gasteiger partial charge is 0.481 e. The molecular weight excluding hydrogens is 342 g/mol. The Morgan fingerprint density at radius 3 is 2.67 bits per heavy atom. The number of piperidine rings is 1. The van der Waals surface area contributed by atoms with Gasteiger partial charge in [0.25, 0.3) is 0 Å². The van der Waals surface area contributed by atoms with Gasteiger partial charge < -0.3 is 15.3 Å². The molecule has 1 amide bonds. The van der Waals surface area contributed by atoms with Crippen LogP contribution in [0.15, 0.2) is 54.1 Å². The summed E-state index contributed by atoms with van der Waals surface area (Å²) < 4.78 is 0. The van der Waals surface area contributed by atoms with Crippen molar-refractivity contribution in [2.75, 3.05) is 11.6 Å². The van der Waals surface area contributed by atoms with Gasteiger partial charge in [-0.05, 0) is 31.9 Å². The maximum absolute atomic E-state index is 12.9. The third-order valence-corrected chi connectivity index (χ3v) is 6.00. The van der Waals surface area contributed by atoms with Gasteiger partial charge in [0, 0.05) is 17.6 Å². The van der Waals surface area contributed by atoms with E-state index in [1.807, 2.05) is 49.4 Å². The van der Waals surface area contributed by atoms with E-state index in [0.717, 1.165) is 24.1 Å². The molecule has 1 aliphatic carbocycles. The van der Waals surface area contributed by atoms with Crippen LogP contribution in [0.3, 0.4) is 0 Å². The molecule has 142 valence electrons. The number of carboxylic acid groups (broad SMARTS) is 1. The van der Waals surface area contributed by atoms with Crippen molar-refractivity contribution in [2.45, 2.75) is 32.0 Å². The fourth-order valence-electron chi connectivity index (χ4n) is 4.78. The summed E-state index contributed by atoms with van der Waals surface area (Å²) in [5, 5.41) is 16.4. The van der Waals surface area contributed by atoms with Gasteiger partial charge in [0.1, 0.15) is 0 Å². The van der Waals surface area contributed by atoms with Crippen molar-refractivity contribution >= 4 is 17.6 Å². The highest BCUT2D eigenvalue weighted by Gasteiger charge is 2.53. The van der Waals surface area contributed by atoms with Gasteiger partial charge in [0.2, 0.25) is 5.91 Å². The zero-order chi connectivity index (χ0) is 19.0. The van der Waals surface area contributed by atoms with Crippen LogP contribution in [-0.2, 0) is 9.59 Å². The third-order valence-electron chi connectivity index (χ3n) is 6.00. The number of carboxylic acids is 1. The van der Waals surface area contributed by atoms with E-state index in [2.05, 4.69) is 21.6 Å². The van der Waals surface area contributed by atoms with Crippen molar-refractivity contribution < 1.29 is 14.7 Å². The Hall–Kier alpha value is -2.60. The minimum Gasteiger partial charge on any atom is -0.481 e.